The average molecular weight is 207 g/mol. The fourth-order valence-corrected chi connectivity index (χ4v) is 1.95. The number of aromatic nitrogens is 2. The first-order valence-electron chi connectivity index (χ1n) is 5.32. The third-order valence-corrected chi connectivity index (χ3v) is 3.02. The molecule has 2 aliphatic rings. The lowest BCUT2D eigenvalue weighted by Gasteiger charge is -2.10. The first-order valence-corrected chi connectivity index (χ1v) is 5.32. The summed E-state index contributed by atoms with van der Waals surface area (Å²) in [4.78, 5) is 23.6. The number of hydrogen-bond donors (Lipinski definition) is 1. The van der Waals surface area contributed by atoms with Gasteiger partial charge in [-0.15, -0.1) is 0 Å². The van der Waals surface area contributed by atoms with E-state index in [2.05, 4.69) is 0 Å². The van der Waals surface area contributed by atoms with Crippen molar-refractivity contribution >= 4 is 5.82 Å². The van der Waals surface area contributed by atoms with E-state index < -0.39 is 0 Å². The van der Waals surface area contributed by atoms with Gasteiger partial charge >= 0.3 is 5.69 Å². The van der Waals surface area contributed by atoms with Crippen LogP contribution in [0.4, 0.5) is 5.82 Å². The molecule has 2 aliphatic carbocycles. The van der Waals surface area contributed by atoms with Crippen LogP contribution in [0.1, 0.15) is 37.8 Å². The Balaban J connectivity index is 2.26. The van der Waals surface area contributed by atoms with E-state index in [1.807, 2.05) is 0 Å². The van der Waals surface area contributed by atoms with Crippen LogP contribution in [0.2, 0.25) is 0 Å². The largest absolute Gasteiger partial charge is 0.385 e. The third-order valence-electron chi connectivity index (χ3n) is 3.02. The molecule has 80 valence electrons. The summed E-state index contributed by atoms with van der Waals surface area (Å²) in [6.07, 6.45) is 3.85. The molecule has 5 nitrogen and oxygen atoms in total. The number of nitrogens with two attached hydrogens (primary N) is 1. The van der Waals surface area contributed by atoms with Gasteiger partial charge in [-0.1, -0.05) is 0 Å². The number of hydrogen-bond acceptors (Lipinski definition) is 3. The minimum atomic E-state index is -0.253. The Kier molecular flexibility index (Phi) is 1.60. The second-order valence-electron chi connectivity index (χ2n) is 4.39. The van der Waals surface area contributed by atoms with Gasteiger partial charge in [0.25, 0.3) is 5.56 Å². The normalized spacial score (nSPS) is 20.5. The van der Waals surface area contributed by atoms with Crippen LogP contribution in [0.3, 0.4) is 0 Å². The number of rotatable bonds is 2. The molecule has 1 heterocycles. The van der Waals surface area contributed by atoms with Crippen molar-refractivity contribution in [2.24, 2.45) is 0 Å². The van der Waals surface area contributed by atoms with Crippen LogP contribution in [-0.4, -0.2) is 9.13 Å². The van der Waals surface area contributed by atoms with Gasteiger partial charge in [0.15, 0.2) is 0 Å². The second-order valence-corrected chi connectivity index (χ2v) is 4.39. The maximum atomic E-state index is 12.0. The molecule has 0 amide bonds. The molecular formula is C10H13N3O2. The number of anilines is 1. The van der Waals surface area contributed by atoms with Gasteiger partial charge in [-0.25, -0.2) is 4.79 Å². The fraction of sp³-hybridized carbons (Fsp3) is 0.600. The zero-order valence-corrected chi connectivity index (χ0v) is 8.35. The van der Waals surface area contributed by atoms with Gasteiger partial charge in [0, 0.05) is 18.2 Å². The third kappa shape index (κ3) is 1.30. The van der Waals surface area contributed by atoms with Crippen molar-refractivity contribution in [1.29, 1.82) is 0 Å². The summed E-state index contributed by atoms with van der Waals surface area (Å²) in [6, 6.07) is 1.72. The molecule has 1 aromatic heterocycles. The molecule has 0 radical (unpaired) electrons. The van der Waals surface area contributed by atoms with Crippen molar-refractivity contribution in [2.75, 3.05) is 5.73 Å². The zero-order valence-electron chi connectivity index (χ0n) is 8.35. The zero-order chi connectivity index (χ0) is 10.6. The minimum Gasteiger partial charge on any atom is -0.385 e. The summed E-state index contributed by atoms with van der Waals surface area (Å²) in [5.41, 5.74) is 5.23. The Hall–Kier alpha value is -1.52. The molecule has 15 heavy (non-hydrogen) atoms. The number of nitrogens with zero attached hydrogens (tertiary/aromatic N) is 2. The average Bonchev–Trinajstić information content (AvgIpc) is 2.97. The topological polar surface area (TPSA) is 70.0 Å². The first-order chi connectivity index (χ1) is 7.18. The summed E-state index contributed by atoms with van der Waals surface area (Å²) in [6.45, 7) is 0. The van der Waals surface area contributed by atoms with Crippen molar-refractivity contribution in [3.05, 3.63) is 26.9 Å². The molecule has 2 fully saturated rings. The van der Waals surface area contributed by atoms with Gasteiger partial charge in [0.2, 0.25) is 0 Å². The molecule has 0 spiro atoms. The molecule has 5 heteroatoms. The molecule has 0 aromatic carbocycles. The highest BCUT2D eigenvalue weighted by atomic mass is 16.2. The Labute approximate surface area is 86.1 Å². The highest BCUT2D eigenvalue weighted by Crippen LogP contribution is 2.36. The predicted molar refractivity (Wildman–Crippen MR) is 55.9 cm³/mol. The van der Waals surface area contributed by atoms with Gasteiger partial charge in [-0.05, 0) is 25.7 Å². The van der Waals surface area contributed by atoms with Gasteiger partial charge in [0.05, 0.1) is 0 Å². The van der Waals surface area contributed by atoms with Crippen molar-refractivity contribution in [3.8, 4) is 0 Å². The van der Waals surface area contributed by atoms with Crippen LogP contribution in [0.15, 0.2) is 15.7 Å². The smallest absolute Gasteiger partial charge is 0.333 e. The molecule has 0 aliphatic heterocycles. The van der Waals surface area contributed by atoms with Crippen LogP contribution in [-0.2, 0) is 0 Å². The summed E-state index contributed by atoms with van der Waals surface area (Å²) < 4.78 is 2.92. The quantitative estimate of drug-likeness (QED) is 0.756. The maximum absolute atomic E-state index is 12.0. The summed E-state index contributed by atoms with van der Waals surface area (Å²) >= 11 is 0. The van der Waals surface area contributed by atoms with Crippen LogP contribution in [0, 0.1) is 0 Å². The van der Waals surface area contributed by atoms with E-state index in [-0.39, 0.29) is 23.3 Å². The van der Waals surface area contributed by atoms with E-state index in [9.17, 15) is 9.59 Å². The lowest BCUT2D eigenvalue weighted by Crippen LogP contribution is -2.39. The molecule has 2 N–H and O–H groups in total. The molecule has 3 rings (SSSR count). The van der Waals surface area contributed by atoms with Gasteiger partial charge < -0.3 is 5.73 Å². The Morgan fingerprint density at radius 1 is 1.07 bits per heavy atom. The minimum absolute atomic E-state index is 0.121. The van der Waals surface area contributed by atoms with E-state index in [1.54, 1.807) is 4.57 Å². The van der Waals surface area contributed by atoms with Crippen molar-refractivity contribution in [2.45, 2.75) is 37.8 Å². The Bertz CT molecular complexity index is 520. The summed E-state index contributed by atoms with van der Waals surface area (Å²) in [5, 5.41) is 0. The number of nitrogen functional groups attached to an aromatic ring is 1. The fourth-order valence-electron chi connectivity index (χ4n) is 1.95. The van der Waals surface area contributed by atoms with E-state index >= 15 is 0 Å². The SMILES string of the molecule is Nc1cc(=O)n(C2CC2)c(=O)n1C1CC1. The van der Waals surface area contributed by atoms with Crippen LogP contribution in [0.5, 0.6) is 0 Å². The van der Waals surface area contributed by atoms with Crippen LogP contribution < -0.4 is 17.0 Å². The van der Waals surface area contributed by atoms with E-state index in [0.29, 0.717) is 5.82 Å². The Morgan fingerprint density at radius 3 is 2.13 bits per heavy atom. The van der Waals surface area contributed by atoms with E-state index in [1.165, 1.54) is 10.6 Å². The second kappa shape index (κ2) is 2.74. The molecular weight excluding hydrogens is 194 g/mol. The molecule has 0 atom stereocenters. The lowest BCUT2D eigenvalue weighted by atomic mass is 10.5. The van der Waals surface area contributed by atoms with E-state index in [4.69, 9.17) is 5.73 Å². The highest BCUT2D eigenvalue weighted by molar-refractivity contribution is 5.28. The van der Waals surface area contributed by atoms with Gasteiger partial charge in [-0.2, -0.15) is 0 Å². The monoisotopic (exact) mass is 207 g/mol. The summed E-state index contributed by atoms with van der Waals surface area (Å²) in [7, 11) is 0. The van der Waals surface area contributed by atoms with Gasteiger partial charge in [0.1, 0.15) is 5.82 Å². The van der Waals surface area contributed by atoms with Crippen molar-refractivity contribution < 1.29 is 0 Å². The van der Waals surface area contributed by atoms with Crippen molar-refractivity contribution in [3.63, 3.8) is 0 Å². The highest BCUT2D eigenvalue weighted by Gasteiger charge is 2.32. The standard InChI is InChI=1S/C10H13N3O2/c11-8-5-9(14)13(7-3-4-7)10(15)12(8)6-1-2-6/h5-7H,1-4,11H2. The first kappa shape index (κ1) is 8.76. The van der Waals surface area contributed by atoms with E-state index in [0.717, 1.165) is 25.7 Å². The predicted octanol–water partition coefficient (Wildman–Crippen LogP) is 0.262. The maximum Gasteiger partial charge on any atom is 0.333 e. The molecule has 0 saturated heterocycles. The van der Waals surface area contributed by atoms with Gasteiger partial charge in [-0.3, -0.25) is 13.9 Å². The Morgan fingerprint density at radius 2 is 1.60 bits per heavy atom. The molecule has 2 saturated carbocycles. The van der Waals surface area contributed by atoms with Crippen LogP contribution >= 0.6 is 0 Å². The molecule has 0 unspecified atom stereocenters. The molecule has 0 bridgehead atoms. The summed E-state index contributed by atoms with van der Waals surface area (Å²) in [5.74, 6) is 0.310. The molecule has 1 aromatic rings. The lowest BCUT2D eigenvalue weighted by molar-refractivity contribution is 0.576. The van der Waals surface area contributed by atoms with Crippen molar-refractivity contribution in [1.82, 2.24) is 9.13 Å². The van der Waals surface area contributed by atoms with Crippen LogP contribution in [0.25, 0.3) is 0 Å².